The molecule has 0 aliphatic heterocycles. The second-order valence-corrected chi connectivity index (χ2v) is 5.08. The largest absolute Gasteiger partial charge is 0.491 e. The van der Waals surface area contributed by atoms with Crippen LogP contribution in [0, 0.1) is 17.2 Å². The van der Waals surface area contributed by atoms with Crippen LogP contribution in [0.25, 0.3) is 0 Å². The fourth-order valence-electron chi connectivity index (χ4n) is 1.21. The Morgan fingerprint density at radius 2 is 2.12 bits per heavy atom. The molecule has 1 aromatic rings. The van der Waals surface area contributed by atoms with Gasteiger partial charge in [0.2, 0.25) is 0 Å². The molecule has 0 heterocycles. The Balaban J connectivity index is 2.30. The van der Waals surface area contributed by atoms with Crippen LogP contribution in [0.4, 0.5) is 0 Å². The lowest BCUT2D eigenvalue weighted by atomic mass is 10.2. The molecule has 0 saturated carbocycles. The lowest BCUT2D eigenvalue weighted by Crippen LogP contribution is -2.03. The number of hydrogen-bond donors (Lipinski definition) is 0. The van der Waals surface area contributed by atoms with Crippen LogP contribution >= 0.6 is 11.8 Å². The van der Waals surface area contributed by atoms with Crippen molar-refractivity contribution in [3.63, 3.8) is 0 Å². The highest BCUT2D eigenvalue weighted by Gasteiger charge is 2.01. The van der Waals surface area contributed by atoms with Gasteiger partial charge in [0.05, 0.1) is 12.2 Å². The van der Waals surface area contributed by atoms with Crippen molar-refractivity contribution in [2.45, 2.75) is 13.8 Å². The van der Waals surface area contributed by atoms with Gasteiger partial charge in [-0.25, -0.2) is 0 Å². The molecule has 0 atom stereocenters. The van der Waals surface area contributed by atoms with Gasteiger partial charge in [-0.05, 0) is 23.8 Å². The zero-order chi connectivity index (χ0) is 11.8. The van der Waals surface area contributed by atoms with E-state index in [1.54, 1.807) is 6.07 Å². The van der Waals surface area contributed by atoms with E-state index in [1.165, 1.54) is 0 Å². The molecule has 86 valence electrons. The molecule has 2 nitrogen and oxygen atoms in total. The van der Waals surface area contributed by atoms with E-state index in [4.69, 9.17) is 10.00 Å². The summed E-state index contributed by atoms with van der Waals surface area (Å²) in [4.78, 5) is 0. The summed E-state index contributed by atoms with van der Waals surface area (Å²) in [7, 11) is 0. The fraction of sp³-hybridized carbons (Fsp3) is 0.462. The van der Waals surface area contributed by atoms with E-state index in [0.717, 1.165) is 17.4 Å². The zero-order valence-electron chi connectivity index (χ0n) is 9.77. The number of benzene rings is 1. The molecule has 0 fully saturated rings. The van der Waals surface area contributed by atoms with E-state index < -0.39 is 0 Å². The highest BCUT2D eigenvalue weighted by Crippen LogP contribution is 2.17. The molecule has 0 aromatic heterocycles. The van der Waals surface area contributed by atoms with E-state index >= 15 is 0 Å². The molecule has 16 heavy (non-hydrogen) atoms. The number of para-hydroxylation sites is 1. The predicted octanol–water partition coefficient (Wildman–Crippen LogP) is 3.33. The third-order valence-corrected chi connectivity index (χ3v) is 3.30. The van der Waals surface area contributed by atoms with Crippen molar-refractivity contribution in [1.82, 2.24) is 0 Å². The molecule has 0 N–H and O–H groups in total. The van der Waals surface area contributed by atoms with Crippen molar-refractivity contribution in [2.75, 3.05) is 18.1 Å². The van der Waals surface area contributed by atoms with Crippen LogP contribution in [0.3, 0.4) is 0 Å². The number of ether oxygens (including phenoxy) is 1. The number of hydrogen-bond acceptors (Lipinski definition) is 3. The SMILES string of the molecule is CC(C)CSCCOc1ccccc1C#N. The summed E-state index contributed by atoms with van der Waals surface area (Å²) in [6.45, 7) is 5.08. The Morgan fingerprint density at radius 1 is 1.38 bits per heavy atom. The third-order valence-electron chi connectivity index (χ3n) is 1.94. The molecule has 0 unspecified atom stereocenters. The molecule has 0 aliphatic carbocycles. The number of nitriles is 1. The maximum Gasteiger partial charge on any atom is 0.137 e. The molecule has 0 aliphatic rings. The van der Waals surface area contributed by atoms with Crippen LogP contribution in [-0.4, -0.2) is 18.1 Å². The zero-order valence-corrected chi connectivity index (χ0v) is 10.6. The Bertz CT molecular complexity index is 357. The van der Waals surface area contributed by atoms with E-state index in [0.29, 0.717) is 17.9 Å². The minimum atomic E-state index is 0.608. The summed E-state index contributed by atoms with van der Waals surface area (Å²) in [6.07, 6.45) is 0. The van der Waals surface area contributed by atoms with E-state index in [9.17, 15) is 0 Å². The Hall–Kier alpha value is -1.14. The quantitative estimate of drug-likeness (QED) is 0.709. The summed E-state index contributed by atoms with van der Waals surface area (Å²) < 4.78 is 5.57. The van der Waals surface area contributed by atoms with Gasteiger partial charge < -0.3 is 4.74 Å². The van der Waals surface area contributed by atoms with Gasteiger partial charge in [-0.1, -0.05) is 26.0 Å². The average molecular weight is 235 g/mol. The predicted molar refractivity (Wildman–Crippen MR) is 68.8 cm³/mol. The molecule has 0 spiro atoms. The molecule has 0 amide bonds. The first kappa shape index (κ1) is 12.9. The van der Waals surface area contributed by atoms with Gasteiger partial charge in [0.25, 0.3) is 0 Å². The molecule has 0 saturated heterocycles. The highest BCUT2D eigenvalue weighted by molar-refractivity contribution is 7.99. The van der Waals surface area contributed by atoms with Gasteiger partial charge in [-0.15, -0.1) is 0 Å². The standard InChI is InChI=1S/C13H17NOS/c1-11(2)10-16-8-7-15-13-6-4-3-5-12(13)9-14/h3-6,11H,7-8,10H2,1-2H3. The topological polar surface area (TPSA) is 33.0 Å². The van der Waals surface area contributed by atoms with Gasteiger partial charge in [-0.3, -0.25) is 0 Å². The summed E-state index contributed by atoms with van der Waals surface area (Å²) >= 11 is 1.89. The molecular weight excluding hydrogens is 218 g/mol. The Labute approximate surface area is 102 Å². The maximum atomic E-state index is 8.86. The van der Waals surface area contributed by atoms with Crippen LogP contribution in [0.15, 0.2) is 24.3 Å². The monoisotopic (exact) mass is 235 g/mol. The van der Waals surface area contributed by atoms with Gasteiger partial charge >= 0.3 is 0 Å². The van der Waals surface area contributed by atoms with Crippen LogP contribution in [0.1, 0.15) is 19.4 Å². The Kier molecular flexibility index (Phi) is 5.81. The second kappa shape index (κ2) is 7.19. The normalized spacial score (nSPS) is 10.1. The van der Waals surface area contributed by atoms with Crippen molar-refractivity contribution in [1.29, 1.82) is 5.26 Å². The molecule has 1 rings (SSSR count). The van der Waals surface area contributed by atoms with Crippen molar-refractivity contribution in [2.24, 2.45) is 5.92 Å². The molecular formula is C13H17NOS. The van der Waals surface area contributed by atoms with Crippen LogP contribution < -0.4 is 4.74 Å². The van der Waals surface area contributed by atoms with E-state index in [1.807, 2.05) is 30.0 Å². The van der Waals surface area contributed by atoms with Crippen molar-refractivity contribution in [3.8, 4) is 11.8 Å². The number of nitrogens with zero attached hydrogens (tertiary/aromatic N) is 1. The second-order valence-electron chi connectivity index (χ2n) is 3.93. The van der Waals surface area contributed by atoms with Crippen LogP contribution in [0.5, 0.6) is 5.75 Å². The fourth-order valence-corrected chi connectivity index (χ4v) is 2.05. The molecule has 0 radical (unpaired) electrons. The van der Waals surface area contributed by atoms with Crippen LogP contribution in [-0.2, 0) is 0 Å². The third kappa shape index (κ3) is 4.59. The smallest absolute Gasteiger partial charge is 0.137 e. The number of thioether (sulfide) groups is 1. The summed E-state index contributed by atoms with van der Waals surface area (Å²) in [5.74, 6) is 3.54. The maximum absolute atomic E-state index is 8.86. The average Bonchev–Trinajstić information content (AvgIpc) is 2.29. The van der Waals surface area contributed by atoms with E-state index in [-0.39, 0.29) is 0 Å². The lowest BCUT2D eigenvalue weighted by molar-refractivity contribution is 0.343. The van der Waals surface area contributed by atoms with Crippen LogP contribution in [0.2, 0.25) is 0 Å². The summed E-state index contributed by atoms with van der Waals surface area (Å²) in [5.41, 5.74) is 0.608. The van der Waals surface area contributed by atoms with Gasteiger partial charge in [0.15, 0.2) is 0 Å². The first-order valence-electron chi connectivity index (χ1n) is 5.43. The molecule has 0 bridgehead atoms. The molecule has 3 heteroatoms. The summed E-state index contributed by atoms with van der Waals surface area (Å²) in [6, 6.07) is 9.47. The Morgan fingerprint density at radius 3 is 2.81 bits per heavy atom. The lowest BCUT2D eigenvalue weighted by Gasteiger charge is -2.08. The van der Waals surface area contributed by atoms with Gasteiger partial charge in [0, 0.05) is 5.75 Å². The molecule has 1 aromatic carbocycles. The van der Waals surface area contributed by atoms with Crippen molar-refractivity contribution < 1.29 is 4.74 Å². The van der Waals surface area contributed by atoms with Crippen molar-refractivity contribution >= 4 is 11.8 Å². The highest BCUT2D eigenvalue weighted by atomic mass is 32.2. The minimum absolute atomic E-state index is 0.608. The van der Waals surface area contributed by atoms with Crippen molar-refractivity contribution in [3.05, 3.63) is 29.8 Å². The van der Waals surface area contributed by atoms with Gasteiger partial charge in [0.1, 0.15) is 11.8 Å². The first-order valence-corrected chi connectivity index (χ1v) is 6.59. The first-order chi connectivity index (χ1) is 7.74. The number of rotatable bonds is 6. The summed E-state index contributed by atoms with van der Waals surface area (Å²) in [5, 5.41) is 8.86. The van der Waals surface area contributed by atoms with Gasteiger partial charge in [-0.2, -0.15) is 17.0 Å². The van der Waals surface area contributed by atoms with E-state index in [2.05, 4.69) is 19.9 Å². The minimum Gasteiger partial charge on any atom is -0.491 e.